The average Bonchev–Trinajstić information content (AvgIpc) is 2.97. The second-order valence-corrected chi connectivity index (χ2v) is 5.37. The molecule has 2 fully saturated rings. The smallest absolute Gasteiger partial charge is 0.160 e. The lowest BCUT2D eigenvalue weighted by atomic mass is 10.1. The monoisotopic (exact) mass is 237 g/mol. The number of aldehydes is 1. The molecule has 0 aromatic carbocycles. The van der Waals surface area contributed by atoms with Gasteiger partial charge < -0.3 is 9.64 Å². The molecule has 86 valence electrons. The minimum absolute atomic E-state index is 0.410. The molecule has 0 spiro atoms. The summed E-state index contributed by atoms with van der Waals surface area (Å²) >= 11 is 1.53. The van der Waals surface area contributed by atoms with Gasteiger partial charge in [-0.05, 0) is 25.3 Å². The highest BCUT2D eigenvalue weighted by atomic mass is 32.1. The molecule has 2 aliphatic rings. The Labute approximate surface area is 99.0 Å². The van der Waals surface area contributed by atoms with E-state index in [1.54, 1.807) is 0 Å². The van der Waals surface area contributed by atoms with Crippen LogP contribution in [0.15, 0.2) is 11.4 Å². The first-order valence-electron chi connectivity index (χ1n) is 5.80. The summed E-state index contributed by atoms with van der Waals surface area (Å²) in [4.78, 5) is 13.9. The zero-order chi connectivity index (χ0) is 11.0. The van der Waals surface area contributed by atoms with Crippen LogP contribution < -0.4 is 4.90 Å². The van der Waals surface area contributed by atoms with Crippen LogP contribution in [-0.2, 0) is 4.74 Å². The number of thiophene rings is 1. The molecule has 0 N–H and O–H groups in total. The normalized spacial score (nSPS) is 29.1. The van der Waals surface area contributed by atoms with Gasteiger partial charge in [0.2, 0.25) is 0 Å². The molecule has 3 nitrogen and oxygen atoms in total. The summed E-state index contributed by atoms with van der Waals surface area (Å²) in [6.07, 6.45) is 5.01. The number of fused-ring (bicyclic) bond motifs is 1. The van der Waals surface area contributed by atoms with Crippen LogP contribution in [0.2, 0.25) is 0 Å². The van der Waals surface area contributed by atoms with Gasteiger partial charge in [-0.1, -0.05) is 0 Å². The number of morpholine rings is 1. The Hall–Kier alpha value is -0.870. The largest absolute Gasteiger partial charge is 0.374 e. The molecule has 0 amide bonds. The first-order valence-corrected chi connectivity index (χ1v) is 6.68. The van der Waals surface area contributed by atoms with Gasteiger partial charge in [-0.3, -0.25) is 4.79 Å². The molecule has 1 aromatic heterocycles. The van der Waals surface area contributed by atoms with Gasteiger partial charge in [-0.25, -0.2) is 0 Å². The predicted octanol–water partition coefficient (Wildman–Crippen LogP) is 2.32. The van der Waals surface area contributed by atoms with Crippen molar-refractivity contribution in [2.24, 2.45) is 0 Å². The van der Waals surface area contributed by atoms with Crippen LogP contribution in [-0.4, -0.2) is 31.6 Å². The van der Waals surface area contributed by atoms with Crippen molar-refractivity contribution in [3.8, 4) is 0 Å². The van der Waals surface area contributed by atoms with E-state index in [4.69, 9.17) is 4.74 Å². The summed E-state index contributed by atoms with van der Waals surface area (Å²) in [7, 11) is 0. The van der Waals surface area contributed by atoms with Crippen LogP contribution >= 0.6 is 11.3 Å². The van der Waals surface area contributed by atoms with E-state index in [1.165, 1.54) is 36.3 Å². The Bertz CT molecular complexity index is 390. The number of hydrogen-bond acceptors (Lipinski definition) is 4. The van der Waals surface area contributed by atoms with E-state index in [1.807, 2.05) is 6.07 Å². The molecule has 16 heavy (non-hydrogen) atoms. The van der Waals surface area contributed by atoms with E-state index in [2.05, 4.69) is 10.3 Å². The number of hydrogen-bond donors (Lipinski definition) is 0. The molecule has 3 rings (SSSR count). The summed E-state index contributed by atoms with van der Waals surface area (Å²) < 4.78 is 5.78. The van der Waals surface area contributed by atoms with Crippen molar-refractivity contribution in [2.75, 3.05) is 18.1 Å². The van der Waals surface area contributed by atoms with Gasteiger partial charge in [0.1, 0.15) is 0 Å². The molecule has 0 bridgehead atoms. The quantitative estimate of drug-likeness (QED) is 0.739. The fourth-order valence-corrected chi connectivity index (χ4v) is 3.51. The van der Waals surface area contributed by atoms with Crippen molar-refractivity contribution in [3.63, 3.8) is 0 Å². The lowest BCUT2D eigenvalue weighted by molar-refractivity contribution is 0.0256. The maximum absolute atomic E-state index is 10.7. The second-order valence-electron chi connectivity index (χ2n) is 4.43. The summed E-state index contributed by atoms with van der Waals surface area (Å²) in [5.74, 6) is 0. The summed E-state index contributed by atoms with van der Waals surface area (Å²) in [6.45, 7) is 1.77. The highest BCUT2D eigenvalue weighted by Gasteiger charge is 2.36. The van der Waals surface area contributed by atoms with Gasteiger partial charge in [-0.2, -0.15) is 0 Å². The van der Waals surface area contributed by atoms with Crippen LogP contribution in [0.4, 0.5) is 5.69 Å². The lowest BCUT2D eigenvalue weighted by Crippen LogP contribution is -2.48. The Kier molecular flexibility index (Phi) is 2.69. The molecule has 1 aromatic rings. The van der Waals surface area contributed by atoms with Gasteiger partial charge >= 0.3 is 0 Å². The van der Waals surface area contributed by atoms with Crippen LogP contribution in [0.3, 0.4) is 0 Å². The Morgan fingerprint density at radius 3 is 3.25 bits per heavy atom. The summed E-state index contributed by atoms with van der Waals surface area (Å²) in [5.41, 5.74) is 1.20. The molecular weight excluding hydrogens is 222 g/mol. The number of nitrogens with zero attached hydrogens (tertiary/aromatic N) is 1. The standard InChI is InChI=1S/C12H15NO2S/c14-7-10-6-9(8-16-10)13-4-5-15-12-3-1-2-11(12)13/h6-8,11-12H,1-5H2. The van der Waals surface area contributed by atoms with Crippen LogP contribution in [0.5, 0.6) is 0 Å². The number of carbonyl (C=O) groups excluding carboxylic acids is 1. The van der Waals surface area contributed by atoms with Gasteiger partial charge in [0.15, 0.2) is 6.29 Å². The third-order valence-electron chi connectivity index (χ3n) is 3.54. The fraction of sp³-hybridized carbons (Fsp3) is 0.583. The van der Waals surface area contributed by atoms with Crippen LogP contribution in [0.1, 0.15) is 28.9 Å². The molecule has 2 heterocycles. The van der Waals surface area contributed by atoms with E-state index < -0.39 is 0 Å². The Morgan fingerprint density at radius 2 is 2.44 bits per heavy atom. The molecule has 0 radical (unpaired) electrons. The minimum Gasteiger partial charge on any atom is -0.374 e. The number of rotatable bonds is 2. The van der Waals surface area contributed by atoms with Crippen molar-refractivity contribution in [1.82, 2.24) is 0 Å². The number of carbonyl (C=O) groups is 1. The number of ether oxygens (including phenoxy) is 1. The molecule has 1 aliphatic carbocycles. The first-order chi connectivity index (χ1) is 7.88. The molecule has 1 saturated carbocycles. The van der Waals surface area contributed by atoms with Gasteiger partial charge in [0.05, 0.1) is 23.6 Å². The molecular formula is C12H15NO2S. The fourth-order valence-electron chi connectivity index (χ4n) is 2.80. The topological polar surface area (TPSA) is 29.5 Å². The summed E-state index contributed by atoms with van der Waals surface area (Å²) in [5, 5.41) is 2.09. The molecule has 2 unspecified atom stereocenters. The van der Waals surface area contributed by atoms with Gasteiger partial charge in [0.25, 0.3) is 0 Å². The Morgan fingerprint density at radius 1 is 1.50 bits per heavy atom. The minimum atomic E-state index is 0.410. The SMILES string of the molecule is O=Cc1cc(N2CCOC3CCCC32)cs1. The van der Waals surface area contributed by atoms with Crippen molar-refractivity contribution < 1.29 is 9.53 Å². The van der Waals surface area contributed by atoms with Crippen molar-refractivity contribution in [2.45, 2.75) is 31.4 Å². The van der Waals surface area contributed by atoms with E-state index in [0.29, 0.717) is 12.1 Å². The van der Waals surface area contributed by atoms with Crippen LogP contribution in [0.25, 0.3) is 0 Å². The molecule has 4 heteroatoms. The predicted molar refractivity (Wildman–Crippen MR) is 64.4 cm³/mol. The third kappa shape index (κ3) is 1.66. The zero-order valence-corrected chi connectivity index (χ0v) is 9.91. The number of anilines is 1. The van der Waals surface area contributed by atoms with Crippen molar-refractivity contribution in [3.05, 3.63) is 16.3 Å². The zero-order valence-electron chi connectivity index (χ0n) is 9.09. The van der Waals surface area contributed by atoms with E-state index in [9.17, 15) is 4.79 Å². The molecule has 2 atom stereocenters. The highest BCUT2D eigenvalue weighted by Crippen LogP contribution is 2.34. The highest BCUT2D eigenvalue weighted by molar-refractivity contribution is 7.12. The third-order valence-corrected chi connectivity index (χ3v) is 4.38. The molecule has 1 saturated heterocycles. The lowest BCUT2D eigenvalue weighted by Gasteiger charge is -2.38. The first kappa shape index (κ1) is 10.3. The van der Waals surface area contributed by atoms with Crippen LogP contribution in [0, 0.1) is 0 Å². The Balaban J connectivity index is 1.84. The van der Waals surface area contributed by atoms with Gasteiger partial charge in [-0.15, -0.1) is 11.3 Å². The average molecular weight is 237 g/mol. The van der Waals surface area contributed by atoms with E-state index in [0.717, 1.165) is 24.3 Å². The molecule has 1 aliphatic heterocycles. The van der Waals surface area contributed by atoms with Gasteiger partial charge in [0, 0.05) is 17.6 Å². The van der Waals surface area contributed by atoms with Crippen molar-refractivity contribution in [1.29, 1.82) is 0 Å². The van der Waals surface area contributed by atoms with E-state index >= 15 is 0 Å². The summed E-state index contributed by atoms with van der Waals surface area (Å²) in [6, 6.07) is 2.53. The maximum atomic E-state index is 10.7. The van der Waals surface area contributed by atoms with Crippen molar-refractivity contribution >= 4 is 23.3 Å². The van der Waals surface area contributed by atoms with E-state index in [-0.39, 0.29) is 0 Å². The maximum Gasteiger partial charge on any atom is 0.160 e. The second kappa shape index (κ2) is 4.18.